The van der Waals surface area contributed by atoms with Crippen molar-refractivity contribution in [1.29, 1.82) is 0 Å². The van der Waals surface area contributed by atoms with Gasteiger partial charge >= 0.3 is 0 Å². The van der Waals surface area contributed by atoms with Gasteiger partial charge < -0.3 is 10.2 Å². The van der Waals surface area contributed by atoms with Crippen molar-refractivity contribution in [2.24, 2.45) is 0 Å². The average Bonchev–Trinajstić information content (AvgIpc) is 2.50. The normalized spacial score (nSPS) is 13.8. The lowest BCUT2D eigenvalue weighted by atomic mass is 9.99. The van der Waals surface area contributed by atoms with Gasteiger partial charge in [0.1, 0.15) is 0 Å². The topological polar surface area (TPSA) is 40.5 Å². The van der Waals surface area contributed by atoms with E-state index in [2.05, 4.69) is 19.1 Å². The van der Waals surface area contributed by atoms with Gasteiger partial charge in [0.25, 0.3) is 5.95 Å². The summed E-state index contributed by atoms with van der Waals surface area (Å²) in [6, 6.07) is 0. The van der Waals surface area contributed by atoms with E-state index in [9.17, 15) is 0 Å². The van der Waals surface area contributed by atoms with Crippen LogP contribution in [-0.4, -0.2) is 10.2 Å². The molecule has 2 heteroatoms. The minimum atomic E-state index is -0.605. The molecule has 0 spiro atoms. The van der Waals surface area contributed by atoms with E-state index < -0.39 is 5.95 Å². The van der Waals surface area contributed by atoms with Crippen LogP contribution in [0.1, 0.15) is 66.7 Å². The van der Waals surface area contributed by atoms with Crippen LogP contribution in [0, 0.1) is 0 Å². The zero-order chi connectivity index (χ0) is 17.0. The van der Waals surface area contributed by atoms with Gasteiger partial charge in [0.2, 0.25) is 0 Å². The summed E-state index contributed by atoms with van der Waals surface area (Å²) >= 11 is 0. The van der Waals surface area contributed by atoms with Crippen molar-refractivity contribution in [3.05, 3.63) is 58.6 Å². The van der Waals surface area contributed by atoms with Crippen molar-refractivity contribution in [2.45, 2.75) is 66.7 Å². The molecule has 0 heterocycles. The van der Waals surface area contributed by atoms with Crippen LogP contribution < -0.4 is 0 Å². The molecule has 0 amide bonds. The van der Waals surface area contributed by atoms with Crippen LogP contribution in [-0.2, 0) is 0 Å². The Hall–Kier alpha value is -1.70. The largest absolute Gasteiger partial charge is 0.481 e. The Morgan fingerprint density at radius 2 is 1.45 bits per heavy atom. The maximum Gasteiger partial charge on any atom is 0.277 e. The fourth-order valence-electron chi connectivity index (χ4n) is 2.00. The minimum Gasteiger partial charge on any atom is -0.481 e. The number of allylic oxidation sites excluding steroid dienone is 9. The molecule has 0 aliphatic heterocycles. The molecule has 0 fully saturated rings. The third kappa shape index (κ3) is 8.56. The van der Waals surface area contributed by atoms with Crippen molar-refractivity contribution < 1.29 is 10.2 Å². The zero-order valence-corrected chi connectivity index (χ0v) is 14.8. The highest BCUT2D eigenvalue weighted by Crippen LogP contribution is 2.21. The zero-order valence-electron chi connectivity index (χ0n) is 14.8. The predicted octanol–water partition coefficient (Wildman–Crippen LogP) is 6.70. The van der Waals surface area contributed by atoms with Crippen molar-refractivity contribution in [3.8, 4) is 0 Å². The van der Waals surface area contributed by atoms with Crippen LogP contribution in [0.15, 0.2) is 58.6 Å². The maximum atomic E-state index is 9.13. The van der Waals surface area contributed by atoms with E-state index in [4.69, 9.17) is 10.2 Å². The second-order valence-electron chi connectivity index (χ2n) is 5.71. The summed E-state index contributed by atoms with van der Waals surface area (Å²) in [7, 11) is 0. The third-order valence-electron chi connectivity index (χ3n) is 3.98. The SMILES string of the molecule is CCCCCC/C=C/C=C/C=C(C)/C(C)=C(\C)C(C)=C(O)O. The van der Waals surface area contributed by atoms with Gasteiger partial charge in [0.15, 0.2) is 0 Å². The van der Waals surface area contributed by atoms with Crippen LogP contribution in [0.4, 0.5) is 0 Å². The molecule has 0 unspecified atom stereocenters. The van der Waals surface area contributed by atoms with Gasteiger partial charge in [-0.3, -0.25) is 0 Å². The fourth-order valence-corrected chi connectivity index (χ4v) is 2.00. The number of aliphatic hydroxyl groups is 2. The summed E-state index contributed by atoms with van der Waals surface area (Å²) in [5.41, 5.74) is 3.59. The monoisotopic (exact) mass is 304 g/mol. The molecule has 0 aromatic heterocycles. The molecule has 0 aromatic carbocycles. The molecule has 2 nitrogen and oxygen atoms in total. The molecule has 2 N–H and O–H groups in total. The second-order valence-corrected chi connectivity index (χ2v) is 5.71. The van der Waals surface area contributed by atoms with E-state index in [1.165, 1.54) is 25.7 Å². The number of hydrogen-bond donors (Lipinski definition) is 2. The smallest absolute Gasteiger partial charge is 0.277 e. The fraction of sp³-hybridized carbons (Fsp3) is 0.500. The first-order valence-electron chi connectivity index (χ1n) is 8.18. The number of rotatable bonds is 9. The Labute approximate surface area is 136 Å². The molecule has 0 saturated heterocycles. The van der Waals surface area contributed by atoms with Crippen molar-refractivity contribution >= 4 is 0 Å². The van der Waals surface area contributed by atoms with Gasteiger partial charge in [-0.05, 0) is 57.3 Å². The van der Waals surface area contributed by atoms with Crippen LogP contribution in [0.2, 0.25) is 0 Å². The first kappa shape index (κ1) is 20.3. The van der Waals surface area contributed by atoms with E-state index in [-0.39, 0.29) is 0 Å². The highest BCUT2D eigenvalue weighted by molar-refractivity contribution is 5.42. The van der Waals surface area contributed by atoms with Crippen LogP contribution >= 0.6 is 0 Å². The standard InChI is InChI=1S/C20H32O2/c1-6-7-8-9-10-11-12-13-14-15-16(2)17(3)18(4)19(5)20(21)22/h11-15,21-22H,6-10H2,1-5H3/b12-11+,14-13+,16-15+,18-17+. The van der Waals surface area contributed by atoms with Crippen molar-refractivity contribution in [3.63, 3.8) is 0 Å². The molecule has 0 aliphatic carbocycles. The van der Waals surface area contributed by atoms with E-state index in [0.717, 1.165) is 23.1 Å². The van der Waals surface area contributed by atoms with E-state index in [1.807, 2.05) is 39.0 Å². The van der Waals surface area contributed by atoms with E-state index in [1.54, 1.807) is 6.92 Å². The molecule has 124 valence electrons. The quantitative estimate of drug-likeness (QED) is 0.283. The van der Waals surface area contributed by atoms with Gasteiger partial charge in [-0.25, -0.2) is 0 Å². The molecule has 0 rings (SSSR count). The summed E-state index contributed by atoms with van der Waals surface area (Å²) in [6.07, 6.45) is 16.7. The molecule has 22 heavy (non-hydrogen) atoms. The average molecular weight is 304 g/mol. The summed E-state index contributed by atoms with van der Waals surface area (Å²) in [5.74, 6) is -0.605. The highest BCUT2D eigenvalue weighted by atomic mass is 16.5. The first-order chi connectivity index (χ1) is 10.4. The number of hydrogen-bond acceptors (Lipinski definition) is 2. The first-order valence-corrected chi connectivity index (χ1v) is 8.18. The molecular weight excluding hydrogens is 272 g/mol. The Morgan fingerprint density at radius 1 is 0.773 bits per heavy atom. The Bertz CT molecular complexity index is 470. The van der Waals surface area contributed by atoms with Crippen LogP contribution in [0.3, 0.4) is 0 Å². The summed E-state index contributed by atoms with van der Waals surface area (Å²) in [5, 5.41) is 18.3. The summed E-state index contributed by atoms with van der Waals surface area (Å²) in [6.45, 7) is 9.85. The lowest BCUT2D eigenvalue weighted by Crippen LogP contribution is -1.93. The van der Waals surface area contributed by atoms with Gasteiger partial charge in [0, 0.05) is 5.57 Å². The van der Waals surface area contributed by atoms with Crippen molar-refractivity contribution in [2.75, 3.05) is 0 Å². The van der Waals surface area contributed by atoms with E-state index in [0.29, 0.717) is 5.57 Å². The van der Waals surface area contributed by atoms with Crippen molar-refractivity contribution in [1.82, 2.24) is 0 Å². The summed E-state index contributed by atoms with van der Waals surface area (Å²) < 4.78 is 0. The van der Waals surface area contributed by atoms with Gasteiger partial charge in [-0.2, -0.15) is 0 Å². The second kappa shape index (κ2) is 11.9. The molecule has 0 atom stereocenters. The number of aliphatic hydroxyl groups excluding tert-OH is 1. The van der Waals surface area contributed by atoms with Gasteiger partial charge in [-0.1, -0.05) is 56.6 Å². The van der Waals surface area contributed by atoms with E-state index >= 15 is 0 Å². The van der Waals surface area contributed by atoms with Gasteiger partial charge in [-0.15, -0.1) is 0 Å². The number of unbranched alkanes of at least 4 members (excludes halogenated alkanes) is 4. The molecule has 0 radical (unpaired) electrons. The van der Waals surface area contributed by atoms with Gasteiger partial charge in [0.05, 0.1) is 0 Å². The van der Waals surface area contributed by atoms with Crippen LogP contribution in [0.5, 0.6) is 0 Å². The lowest BCUT2D eigenvalue weighted by molar-refractivity contribution is 0.186. The molecule has 0 saturated carbocycles. The molecule has 0 aliphatic rings. The molecule has 0 aromatic rings. The van der Waals surface area contributed by atoms with Crippen LogP contribution in [0.25, 0.3) is 0 Å². The Balaban J connectivity index is 4.49. The Morgan fingerprint density at radius 3 is 2.05 bits per heavy atom. The molecular formula is C20H32O2. The Kier molecular flexibility index (Phi) is 11.0. The summed E-state index contributed by atoms with van der Waals surface area (Å²) in [4.78, 5) is 0. The third-order valence-corrected chi connectivity index (χ3v) is 3.98. The lowest BCUT2D eigenvalue weighted by Gasteiger charge is -2.08. The highest BCUT2D eigenvalue weighted by Gasteiger charge is 2.05. The predicted molar refractivity (Wildman–Crippen MR) is 97.1 cm³/mol. The minimum absolute atomic E-state index is 0.515. The maximum absolute atomic E-state index is 9.13. The molecule has 0 bridgehead atoms.